The Kier molecular flexibility index (Phi) is 4.60. The number of nitrogens with one attached hydrogen (secondary N) is 1. The van der Waals surface area contributed by atoms with Gasteiger partial charge in [0.1, 0.15) is 16.5 Å². The highest BCUT2D eigenvalue weighted by atomic mass is 35.5. The molecule has 0 saturated carbocycles. The molecular formula is C12H8ClF2NO3S2. The van der Waals surface area contributed by atoms with Crippen LogP contribution in [0.15, 0.2) is 29.6 Å². The number of hydrogen-bond acceptors (Lipinski definition) is 4. The first-order valence-electron chi connectivity index (χ1n) is 5.50. The quantitative estimate of drug-likeness (QED) is 0.921. The first-order chi connectivity index (χ1) is 9.78. The Morgan fingerprint density at radius 2 is 1.95 bits per heavy atom. The molecule has 0 spiro atoms. The van der Waals surface area contributed by atoms with Gasteiger partial charge in [-0.1, -0.05) is 17.7 Å². The maximum absolute atomic E-state index is 13.2. The maximum Gasteiger partial charge on any atom is 0.277 e. The van der Waals surface area contributed by atoms with Crippen LogP contribution in [0.5, 0.6) is 0 Å². The predicted octanol–water partition coefficient (Wildman–Crippen LogP) is 2.94. The predicted molar refractivity (Wildman–Crippen MR) is 75.8 cm³/mol. The van der Waals surface area contributed by atoms with E-state index in [4.69, 9.17) is 11.6 Å². The topological polar surface area (TPSA) is 63.2 Å². The summed E-state index contributed by atoms with van der Waals surface area (Å²) in [6.45, 7) is 0. The minimum Gasteiger partial charge on any atom is -0.267 e. The van der Waals surface area contributed by atoms with Crippen LogP contribution in [0.2, 0.25) is 5.02 Å². The van der Waals surface area contributed by atoms with E-state index in [1.807, 2.05) is 0 Å². The number of carbonyl (C=O) groups is 1. The summed E-state index contributed by atoms with van der Waals surface area (Å²) in [5, 5.41) is 1.19. The molecule has 1 amide bonds. The Balaban J connectivity index is 2.14. The zero-order valence-corrected chi connectivity index (χ0v) is 12.7. The van der Waals surface area contributed by atoms with Gasteiger partial charge in [-0.2, -0.15) is 0 Å². The minimum atomic E-state index is -4.08. The van der Waals surface area contributed by atoms with Crippen LogP contribution >= 0.6 is 22.9 Å². The number of benzene rings is 1. The lowest BCUT2D eigenvalue weighted by Crippen LogP contribution is -2.31. The van der Waals surface area contributed by atoms with E-state index in [-0.39, 0.29) is 15.5 Å². The molecule has 1 aromatic heterocycles. The van der Waals surface area contributed by atoms with Crippen molar-refractivity contribution in [3.05, 3.63) is 56.7 Å². The van der Waals surface area contributed by atoms with Crippen molar-refractivity contribution in [1.82, 2.24) is 4.72 Å². The Labute approximate surface area is 128 Å². The fraction of sp³-hybridized carbons (Fsp3) is 0.0833. The molecule has 2 aromatic rings. The van der Waals surface area contributed by atoms with E-state index in [0.29, 0.717) is 0 Å². The summed E-state index contributed by atoms with van der Waals surface area (Å²) >= 11 is 6.27. The first-order valence-corrected chi connectivity index (χ1v) is 8.41. The Morgan fingerprint density at radius 3 is 2.52 bits per heavy atom. The molecule has 0 saturated heterocycles. The van der Waals surface area contributed by atoms with Gasteiger partial charge in [0.25, 0.3) is 5.91 Å². The molecule has 0 aliphatic carbocycles. The standard InChI is InChI=1S/C12H8ClF2NO3S2/c13-8-2-1-7(5-10(8)15)6-21(18,19)16-12(17)11-9(14)3-4-20-11/h1-5H,6H2,(H,16,17). The van der Waals surface area contributed by atoms with Crippen molar-refractivity contribution in [2.24, 2.45) is 0 Å². The maximum atomic E-state index is 13.2. The van der Waals surface area contributed by atoms with Crippen molar-refractivity contribution in [3.8, 4) is 0 Å². The molecule has 1 heterocycles. The number of halogens is 3. The SMILES string of the molecule is O=C(NS(=O)(=O)Cc1ccc(Cl)c(F)c1)c1sccc1F. The van der Waals surface area contributed by atoms with Gasteiger partial charge in [0.05, 0.1) is 10.8 Å². The molecule has 112 valence electrons. The first kappa shape index (κ1) is 15.9. The molecule has 0 aliphatic heterocycles. The zero-order valence-electron chi connectivity index (χ0n) is 10.3. The molecule has 1 N–H and O–H groups in total. The molecule has 0 fully saturated rings. The van der Waals surface area contributed by atoms with E-state index in [1.165, 1.54) is 17.5 Å². The molecule has 0 atom stereocenters. The van der Waals surface area contributed by atoms with E-state index >= 15 is 0 Å². The van der Waals surface area contributed by atoms with Crippen LogP contribution in [0.4, 0.5) is 8.78 Å². The molecule has 0 unspecified atom stereocenters. The van der Waals surface area contributed by atoms with Gasteiger partial charge in [0.15, 0.2) is 0 Å². The largest absolute Gasteiger partial charge is 0.277 e. The van der Waals surface area contributed by atoms with Gasteiger partial charge in [-0.15, -0.1) is 11.3 Å². The number of thiophene rings is 1. The second-order valence-corrected chi connectivity index (χ2v) is 7.08. The van der Waals surface area contributed by atoms with Crippen molar-refractivity contribution >= 4 is 38.9 Å². The van der Waals surface area contributed by atoms with Gasteiger partial charge < -0.3 is 0 Å². The van der Waals surface area contributed by atoms with Crippen molar-refractivity contribution in [1.29, 1.82) is 0 Å². The van der Waals surface area contributed by atoms with Gasteiger partial charge in [-0.25, -0.2) is 21.9 Å². The van der Waals surface area contributed by atoms with Crippen LogP contribution in [0, 0.1) is 11.6 Å². The zero-order chi connectivity index (χ0) is 15.6. The summed E-state index contributed by atoms with van der Waals surface area (Å²) in [6.07, 6.45) is 0. The molecule has 4 nitrogen and oxygen atoms in total. The van der Waals surface area contributed by atoms with E-state index in [1.54, 1.807) is 4.72 Å². The molecule has 2 rings (SSSR count). The molecular weight excluding hydrogens is 344 g/mol. The van der Waals surface area contributed by atoms with Crippen molar-refractivity contribution in [2.45, 2.75) is 5.75 Å². The average Bonchev–Trinajstić information content (AvgIpc) is 2.79. The lowest BCUT2D eigenvalue weighted by Gasteiger charge is -2.06. The molecule has 21 heavy (non-hydrogen) atoms. The van der Waals surface area contributed by atoms with E-state index in [2.05, 4.69) is 0 Å². The number of rotatable bonds is 4. The van der Waals surface area contributed by atoms with Crippen LogP contribution in [-0.2, 0) is 15.8 Å². The molecule has 0 bridgehead atoms. The molecule has 0 aliphatic rings. The Hall–Kier alpha value is -1.51. The lowest BCUT2D eigenvalue weighted by molar-refractivity contribution is 0.0982. The monoisotopic (exact) mass is 351 g/mol. The Bertz CT molecular complexity index is 790. The summed E-state index contributed by atoms with van der Waals surface area (Å²) in [6, 6.07) is 4.54. The normalized spacial score (nSPS) is 11.4. The number of carbonyl (C=O) groups excluding carboxylic acids is 1. The van der Waals surface area contributed by atoms with Gasteiger partial charge in [0.2, 0.25) is 10.0 Å². The summed E-state index contributed by atoms with van der Waals surface area (Å²) in [4.78, 5) is 11.3. The summed E-state index contributed by atoms with van der Waals surface area (Å²) in [5.74, 6) is -3.25. The second kappa shape index (κ2) is 6.08. The third kappa shape index (κ3) is 3.99. The molecule has 9 heteroatoms. The third-order valence-corrected chi connectivity index (χ3v) is 4.82. The van der Waals surface area contributed by atoms with Crippen molar-refractivity contribution in [3.63, 3.8) is 0 Å². The number of sulfonamides is 1. The third-order valence-electron chi connectivity index (χ3n) is 2.41. The summed E-state index contributed by atoms with van der Waals surface area (Å²) in [7, 11) is -4.08. The average molecular weight is 352 g/mol. The van der Waals surface area contributed by atoms with Crippen molar-refractivity contribution < 1.29 is 22.0 Å². The number of hydrogen-bond donors (Lipinski definition) is 1. The van der Waals surface area contributed by atoms with Crippen LogP contribution < -0.4 is 4.72 Å². The van der Waals surface area contributed by atoms with Crippen molar-refractivity contribution in [2.75, 3.05) is 0 Å². The molecule has 1 aromatic carbocycles. The Morgan fingerprint density at radius 1 is 1.24 bits per heavy atom. The van der Waals surface area contributed by atoms with Gasteiger partial charge >= 0.3 is 0 Å². The van der Waals surface area contributed by atoms with Crippen LogP contribution in [0.1, 0.15) is 15.2 Å². The van der Waals surface area contributed by atoms with Gasteiger partial charge in [-0.3, -0.25) is 4.79 Å². The minimum absolute atomic E-state index is 0.115. The second-order valence-electron chi connectivity index (χ2n) is 4.04. The summed E-state index contributed by atoms with van der Waals surface area (Å²) < 4.78 is 51.8. The van der Waals surface area contributed by atoms with Crippen LogP contribution in [0.3, 0.4) is 0 Å². The van der Waals surface area contributed by atoms with E-state index < -0.39 is 33.3 Å². The highest BCUT2D eigenvalue weighted by Crippen LogP contribution is 2.18. The number of amides is 1. The van der Waals surface area contributed by atoms with Crippen LogP contribution in [-0.4, -0.2) is 14.3 Å². The van der Waals surface area contributed by atoms with Gasteiger partial charge in [0, 0.05) is 0 Å². The molecule has 0 radical (unpaired) electrons. The van der Waals surface area contributed by atoms with Crippen LogP contribution in [0.25, 0.3) is 0 Å². The fourth-order valence-electron chi connectivity index (χ4n) is 1.53. The highest BCUT2D eigenvalue weighted by Gasteiger charge is 2.20. The van der Waals surface area contributed by atoms with E-state index in [0.717, 1.165) is 23.5 Å². The summed E-state index contributed by atoms with van der Waals surface area (Å²) in [5.41, 5.74) is 0.115. The highest BCUT2D eigenvalue weighted by molar-refractivity contribution is 7.89. The van der Waals surface area contributed by atoms with Gasteiger partial charge in [-0.05, 0) is 29.1 Å². The smallest absolute Gasteiger partial charge is 0.267 e. The van der Waals surface area contributed by atoms with E-state index in [9.17, 15) is 22.0 Å². The lowest BCUT2D eigenvalue weighted by atomic mass is 10.2. The fourth-order valence-corrected chi connectivity index (χ4v) is 3.45.